The second-order valence-corrected chi connectivity index (χ2v) is 3.79. The van der Waals surface area contributed by atoms with E-state index in [1.54, 1.807) is 6.07 Å². The molecule has 0 radical (unpaired) electrons. The minimum atomic E-state index is -1.11. The van der Waals surface area contributed by atoms with E-state index in [9.17, 15) is 9.90 Å². The number of benzene rings is 1. The van der Waals surface area contributed by atoms with E-state index in [2.05, 4.69) is 10.6 Å². The molecule has 4 N–H and O–H groups in total. The van der Waals surface area contributed by atoms with Crippen LogP contribution in [0.2, 0.25) is 0 Å². The average molecular weight is 259 g/mol. The first-order valence-corrected chi connectivity index (χ1v) is 5.19. The van der Waals surface area contributed by atoms with Gasteiger partial charge in [-0.25, -0.2) is 4.79 Å². The summed E-state index contributed by atoms with van der Waals surface area (Å²) in [6.07, 6.45) is 0. The summed E-state index contributed by atoms with van der Waals surface area (Å²) in [7, 11) is 0. The number of hydrogen-bond acceptors (Lipinski definition) is 4. The molecule has 1 atom stereocenters. The number of carboxylic acids is 1. The molecule has 2 rings (SSSR count). The summed E-state index contributed by atoms with van der Waals surface area (Å²) in [4.78, 5) is 10.9. The van der Waals surface area contributed by atoms with Crippen LogP contribution in [0, 0.1) is 0 Å². The number of carboxylic acid groups (broad SMARTS) is 1. The van der Waals surface area contributed by atoms with Crippen molar-refractivity contribution in [3.05, 3.63) is 29.3 Å². The summed E-state index contributed by atoms with van der Waals surface area (Å²) in [5.41, 5.74) is 0.826. The van der Waals surface area contributed by atoms with Gasteiger partial charge in [0.2, 0.25) is 0 Å². The van der Waals surface area contributed by atoms with Crippen LogP contribution in [-0.4, -0.2) is 35.8 Å². The Morgan fingerprint density at radius 3 is 2.71 bits per heavy atom. The van der Waals surface area contributed by atoms with Gasteiger partial charge >= 0.3 is 5.97 Å². The smallest absolute Gasteiger partial charge is 0.339 e. The lowest BCUT2D eigenvalue weighted by molar-refractivity contribution is 0.0693. The Morgan fingerprint density at radius 1 is 1.35 bits per heavy atom. The Morgan fingerprint density at radius 2 is 2.12 bits per heavy atom. The van der Waals surface area contributed by atoms with Gasteiger partial charge in [-0.1, -0.05) is 6.07 Å². The number of phenols is 1. The number of nitrogens with one attached hydrogen (secondary N) is 2. The molecule has 1 aliphatic heterocycles. The van der Waals surface area contributed by atoms with Gasteiger partial charge in [0.05, 0.1) is 0 Å². The first-order chi connectivity index (χ1) is 7.68. The van der Waals surface area contributed by atoms with Crippen molar-refractivity contribution in [1.29, 1.82) is 0 Å². The maximum Gasteiger partial charge on any atom is 0.339 e. The highest BCUT2D eigenvalue weighted by Crippen LogP contribution is 2.22. The number of halogens is 1. The summed E-state index contributed by atoms with van der Waals surface area (Å²) in [6, 6.07) is 4.79. The fourth-order valence-corrected chi connectivity index (χ4v) is 1.83. The largest absolute Gasteiger partial charge is 0.507 e. The normalized spacial score (nSPS) is 19.4. The highest BCUT2D eigenvalue weighted by atomic mass is 35.5. The lowest BCUT2D eigenvalue weighted by Crippen LogP contribution is -2.42. The molecule has 94 valence electrons. The van der Waals surface area contributed by atoms with E-state index in [4.69, 9.17) is 5.11 Å². The Balaban J connectivity index is 0.00000144. The van der Waals surface area contributed by atoms with Crippen molar-refractivity contribution in [3.63, 3.8) is 0 Å². The van der Waals surface area contributed by atoms with Crippen molar-refractivity contribution >= 4 is 18.4 Å². The zero-order valence-electron chi connectivity index (χ0n) is 9.14. The van der Waals surface area contributed by atoms with Gasteiger partial charge in [0, 0.05) is 25.7 Å². The molecule has 0 aromatic heterocycles. The molecule has 0 amide bonds. The van der Waals surface area contributed by atoms with E-state index in [1.165, 1.54) is 12.1 Å². The van der Waals surface area contributed by atoms with Crippen LogP contribution in [0.4, 0.5) is 0 Å². The summed E-state index contributed by atoms with van der Waals surface area (Å²) in [5, 5.41) is 24.8. The first kappa shape index (κ1) is 13.8. The van der Waals surface area contributed by atoms with Gasteiger partial charge in [-0.05, 0) is 17.7 Å². The van der Waals surface area contributed by atoms with Crippen molar-refractivity contribution < 1.29 is 15.0 Å². The predicted octanol–water partition coefficient (Wildman–Crippen LogP) is 0.746. The number of rotatable bonds is 2. The van der Waals surface area contributed by atoms with Crippen molar-refractivity contribution in [2.24, 2.45) is 0 Å². The molecule has 0 aliphatic carbocycles. The predicted molar refractivity (Wildman–Crippen MR) is 65.9 cm³/mol. The van der Waals surface area contributed by atoms with Crippen LogP contribution >= 0.6 is 12.4 Å². The van der Waals surface area contributed by atoms with Crippen LogP contribution < -0.4 is 10.6 Å². The van der Waals surface area contributed by atoms with Crippen LogP contribution in [0.1, 0.15) is 22.0 Å². The molecule has 6 heteroatoms. The second-order valence-electron chi connectivity index (χ2n) is 3.79. The molecule has 0 unspecified atom stereocenters. The van der Waals surface area contributed by atoms with E-state index >= 15 is 0 Å². The number of carbonyl (C=O) groups is 1. The highest BCUT2D eigenvalue weighted by Gasteiger charge is 2.17. The number of hydrogen-bond donors (Lipinski definition) is 4. The average Bonchev–Trinajstić information content (AvgIpc) is 2.30. The molecule has 1 aliphatic rings. The van der Waals surface area contributed by atoms with Crippen LogP contribution in [0.15, 0.2) is 18.2 Å². The van der Waals surface area contributed by atoms with Crippen LogP contribution in [0.5, 0.6) is 5.75 Å². The van der Waals surface area contributed by atoms with Gasteiger partial charge in [-0.15, -0.1) is 12.4 Å². The third-order valence-corrected chi connectivity index (χ3v) is 2.69. The van der Waals surface area contributed by atoms with Gasteiger partial charge in [0.1, 0.15) is 11.3 Å². The fraction of sp³-hybridized carbons (Fsp3) is 0.364. The summed E-state index contributed by atoms with van der Waals surface area (Å²) >= 11 is 0. The first-order valence-electron chi connectivity index (χ1n) is 5.19. The van der Waals surface area contributed by atoms with E-state index in [1.807, 2.05) is 0 Å². The Bertz CT molecular complexity index is 406. The van der Waals surface area contributed by atoms with Crippen molar-refractivity contribution in [2.45, 2.75) is 6.04 Å². The third-order valence-electron chi connectivity index (χ3n) is 2.69. The summed E-state index contributed by atoms with van der Waals surface area (Å²) < 4.78 is 0. The minimum Gasteiger partial charge on any atom is -0.507 e. The van der Waals surface area contributed by atoms with E-state index < -0.39 is 5.97 Å². The zero-order valence-corrected chi connectivity index (χ0v) is 9.96. The Hall–Kier alpha value is -1.30. The van der Waals surface area contributed by atoms with Crippen LogP contribution in [-0.2, 0) is 0 Å². The number of aromatic carboxylic acids is 1. The van der Waals surface area contributed by atoms with E-state index in [0.29, 0.717) is 0 Å². The maximum atomic E-state index is 10.9. The molecule has 0 saturated carbocycles. The topological polar surface area (TPSA) is 81.6 Å². The standard InChI is InChI=1S/C11H14N2O3.ClH/c14-10-2-1-7(5-8(10)11(15)16)9-6-12-3-4-13-9;/h1-2,5,9,12-14H,3-4,6H2,(H,15,16);1H/t9-;/m1./s1. The van der Waals surface area contributed by atoms with Gasteiger partial charge in [0.25, 0.3) is 0 Å². The molecule has 5 nitrogen and oxygen atoms in total. The van der Waals surface area contributed by atoms with E-state index in [0.717, 1.165) is 25.2 Å². The lowest BCUT2D eigenvalue weighted by atomic mass is 10.0. The number of piperazine rings is 1. The molecule has 1 saturated heterocycles. The highest BCUT2D eigenvalue weighted by molar-refractivity contribution is 5.90. The molecular formula is C11H15ClN2O3. The lowest BCUT2D eigenvalue weighted by Gasteiger charge is -2.25. The summed E-state index contributed by atoms with van der Waals surface area (Å²) in [5.74, 6) is -1.30. The molecule has 1 heterocycles. The Kier molecular flexibility index (Phi) is 4.74. The van der Waals surface area contributed by atoms with Gasteiger partial charge in [-0.2, -0.15) is 0 Å². The van der Waals surface area contributed by atoms with Crippen LogP contribution in [0.25, 0.3) is 0 Å². The Labute approximate surface area is 105 Å². The molecule has 0 bridgehead atoms. The van der Waals surface area contributed by atoms with Gasteiger partial charge in [0.15, 0.2) is 0 Å². The minimum absolute atomic E-state index is 0. The van der Waals surface area contributed by atoms with Gasteiger partial charge < -0.3 is 20.8 Å². The maximum absolute atomic E-state index is 10.9. The molecular weight excluding hydrogens is 244 g/mol. The van der Waals surface area contributed by atoms with Gasteiger partial charge in [-0.3, -0.25) is 0 Å². The molecule has 0 spiro atoms. The SMILES string of the molecule is Cl.O=C(O)c1cc([C@H]2CNCCN2)ccc1O. The molecule has 17 heavy (non-hydrogen) atoms. The molecule has 1 aromatic carbocycles. The monoisotopic (exact) mass is 258 g/mol. The van der Waals surface area contributed by atoms with Crippen molar-refractivity contribution in [1.82, 2.24) is 10.6 Å². The van der Waals surface area contributed by atoms with Crippen molar-refractivity contribution in [2.75, 3.05) is 19.6 Å². The van der Waals surface area contributed by atoms with Crippen LogP contribution in [0.3, 0.4) is 0 Å². The second kappa shape index (κ2) is 5.86. The van der Waals surface area contributed by atoms with E-state index in [-0.39, 0.29) is 29.8 Å². The fourth-order valence-electron chi connectivity index (χ4n) is 1.83. The molecule has 1 aromatic rings. The number of aromatic hydroxyl groups is 1. The quantitative estimate of drug-likeness (QED) is 0.629. The summed E-state index contributed by atoms with van der Waals surface area (Å²) in [6.45, 7) is 2.54. The van der Waals surface area contributed by atoms with Crippen molar-refractivity contribution in [3.8, 4) is 5.75 Å². The molecule has 1 fully saturated rings. The zero-order chi connectivity index (χ0) is 11.5. The third kappa shape index (κ3) is 3.09.